The van der Waals surface area contributed by atoms with Crippen LogP contribution in [0.3, 0.4) is 0 Å². The molecule has 0 bridgehead atoms. The first-order valence-corrected chi connectivity index (χ1v) is 8.39. The van der Waals surface area contributed by atoms with E-state index in [4.69, 9.17) is 16.3 Å². The van der Waals surface area contributed by atoms with Crippen LogP contribution < -0.4 is 5.32 Å². The van der Waals surface area contributed by atoms with Crippen LogP contribution in [0.4, 0.5) is 19.0 Å². The van der Waals surface area contributed by atoms with Crippen LogP contribution >= 0.6 is 11.6 Å². The van der Waals surface area contributed by atoms with Gasteiger partial charge >= 0.3 is 6.18 Å². The molecule has 1 aliphatic heterocycles. The number of amides is 1. The van der Waals surface area contributed by atoms with Crippen molar-refractivity contribution < 1.29 is 22.7 Å². The van der Waals surface area contributed by atoms with E-state index in [1.165, 1.54) is 31.3 Å². The number of hydrogen-bond donors (Lipinski definition) is 1. The molecule has 0 saturated carbocycles. The van der Waals surface area contributed by atoms with Crippen molar-refractivity contribution in [2.45, 2.75) is 25.6 Å². The zero-order valence-corrected chi connectivity index (χ0v) is 14.9. The molecule has 26 heavy (non-hydrogen) atoms. The molecule has 5 nitrogen and oxygen atoms in total. The number of carbonyl (C=O) groups excluding carboxylic acids is 1. The molecule has 1 aromatic heterocycles. The number of hydrogen-bond acceptors (Lipinski definition) is 3. The van der Waals surface area contributed by atoms with E-state index in [2.05, 4.69) is 10.4 Å². The fourth-order valence-electron chi connectivity index (χ4n) is 2.97. The Morgan fingerprint density at radius 2 is 2.00 bits per heavy atom. The van der Waals surface area contributed by atoms with Crippen molar-refractivity contribution in [2.24, 2.45) is 13.0 Å². The van der Waals surface area contributed by atoms with Crippen LogP contribution in [0.15, 0.2) is 24.3 Å². The summed E-state index contributed by atoms with van der Waals surface area (Å²) in [5.41, 5.74) is -1.01. The summed E-state index contributed by atoms with van der Waals surface area (Å²) in [6.07, 6.45) is -4.65. The third kappa shape index (κ3) is 3.57. The fraction of sp³-hybridized carbons (Fsp3) is 0.412. The fourth-order valence-corrected chi connectivity index (χ4v) is 3.10. The van der Waals surface area contributed by atoms with Crippen LogP contribution in [0.25, 0.3) is 11.1 Å². The highest BCUT2D eigenvalue weighted by Gasteiger charge is 2.40. The van der Waals surface area contributed by atoms with E-state index < -0.39 is 23.9 Å². The van der Waals surface area contributed by atoms with Gasteiger partial charge in [0.2, 0.25) is 0 Å². The summed E-state index contributed by atoms with van der Waals surface area (Å²) in [5.74, 6) is -0.529. The van der Waals surface area contributed by atoms with Crippen LogP contribution in [0.2, 0.25) is 5.02 Å². The van der Waals surface area contributed by atoms with E-state index in [1.54, 1.807) is 0 Å². The monoisotopic (exact) mass is 387 g/mol. The number of halogens is 4. The minimum absolute atomic E-state index is 0.00991. The molecule has 0 radical (unpaired) electrons. The molecule has 0 aliphatic carbocycles. The van der Waals surface area contributed by atoms with E-state index in [9.17, 15) is 18.0 Å². The van der Waals surface area contributed by atoms with Crippen molar-refractivity contribution in [1.82, 2.24) is 9.78 Å². The second kappa shape index (κ2) is 6.92. The maximum absolute atomic E-state index is 13.5. The van der Waals surface area contributed by atoms with Gasteiger partial charge in [0.25, 0.3) is 5.91 Å². The summed E-state index contributed by atoms with van der Waals surface area (Å²) in [7, 11) is 1.35. The minimum atomic E-state index is -4.67. The van der Waals surface area contributed by atoms with Crippen molar-refractivity contribution in [3.8, 4) is 11.1 Å². The van der Waals surface area contributed by atoms with Crippen molar-refractivity contribution in [3.05, 3.63) is 35.0 Å². The molecule has 3 rings (SSSR count). The lowest BCUT2D eigenvalue weighted by atomic mass is 10.0. The molecule has 1 amide bonds. The predicted molar refractivity (Wildman–Crippen MR) is 90.8 cm³/mol. The highest BCUT2D eigenvalue weighted by atomic mass is 35.5. The Hall–Kier alpha value is -2.06. The molecule has 1 saturated heterocycles. The molecule has 2 atom stereocenters. The molecule has 140 valence electrons. The van der Waals surface area contributed by atoms with E-state index in [0.29, 0.717) is 11.6 Å². The average molecular weight is 388 g/mol. The van der Waals surface area contributed by atoms with Gasteiger partial charge in [0, 0.05) is 18.7 Å². The number of nitrogens with zero attached hydrogens (tertiary/aromatic N) is 2. The lowest BCUT2D eigenvalue weighted by molar-refractivity contribution is -0.141. The molecule has 1 aromatic carbocycles. The minimum Gasteiger partial charge on any atom is -0.368 e. The quantitative estimate of drug-likeness (QED) is 0.861. The Kier molecular flexibility index (Phi) is 4.98. The third-order valence-electron chi connectivity index (χ3n) is 4.34. The molecule has 1 fully saturated rings. The highest BCUT2D eigenvalue weighted by molar-refractivity contribution is 6.30. The number of aromatic nitrogens is 2. The first kappa shape index (κ1) is 18.7. The third-order valence-corrected chi connectivity index (χ3v) is 4.59. The smallest absolute Gasteiger partial charge is 0.368 e. The normalized spacial score (nSPS) is 20.4. The van der Waals surface area contributed by atoms with Crippen molar-refractivity contribution in [3.63, 3.8) is 0 Å². The van der Waals surface area contributed by atoms with Crippen molar-refractivity contribution in [1.29, 1.82) is 0 Å². The second-order valence-corrected chi connectivity index (χ2v) is 6.68. The Labute approximate surface area is 153 Å². The number of nitrogens with one attached hydrogen (secondary N) is 1. The molecule has 9 heteroatoms. The van der Waals surface area contributed by atoms with Gasteiger partial charge in [-0.1, -0.05) is 30.7 Å². The number of ether oxygens (including phenoxy) is 1. The molecule has 2 aromatic rings. The van der Waals surface area contributed by atoms with Crippen LogP contribution in [-0.2, 0) is 22.8 Å². The summed E-state index contributed by atoms with van der Waals surface area (Å²) in [6, 6.07) is 5.88. The summed E-state index contributed by atoms with van der Waals surface area (Å²) in [5, 5.41) is 6.54. The van der Waals surface area contributed by atoms with Crippen LogP contribution in [0, 0.1) is 5.92 Å². The van der Waals surface area contributed by atoms with Crippen molar-refractivity contribution >= 4 is 23.3 Å². The first-order valence-electron chi connectivity index (χ1n) is 8.01. The van der Waals surface area contributed by atoms with Gasteiger partial charge in [-0.2, -0.15) is 18.3 Å². The lowest BCUT2D eigenvalue weighted by Crippen LogP contribution is -2.32. The lowest BCUT2D eigenvalue weighted by Gasteiger charge is -2.16. The molecule has 2 unspecified atom stereocenters. The summed E-state index contributed by atoms with van der Waals surface area (Å²) < 4.78 is 46.8. The molecule has 0 spiro atoms. The van der Waals surface area contributed by atoms with E-state index >= 15 is 0 Å². The summed E-state index contributed by atoms with van der Waals surface area (Å²) >= 11 is 5.83. The van der Waals surface area contributed by atoms with Gasteiger partial charge in [0.05, 0.1) is 5.56 Å². The number of benzene rings is 1. The maximum Gasteiger partial charge on any atom is 0.435 e. The molecule has 1 aliphatic rings. The average Bonchev–Trinajstić information content (AvgIpc) is 3.12. The Bertz CT molecular complexity index is 818. The van der Waals surface area contributed by atoms with E-state index in [1.807, 2.05) is 6.92 Å². The molecule has 1 N–H and O–H groups in total. The number of rotatable bonds is 3. The number of anilines is 1. The maximum atomic E-state index is 13.5. The van der Waals surface area contributed by atoms with Gasteiger partial charge in [0.1, 0.15) is 11.9 Å². The van der Waals surface area contributed by atoms with Crippen LogP contribution in [0.1, 0.15) is 19.0 Å². The van der Waals surface area contributed by atoms with Gasteiger partial charge in [-0.25, -0.2) is 0 Å². The van der Waals surface area contributed by atoms with Gasteiger partial charge in [0.15, 0.2) is 5.69 Å². The largest absolute Gasteiger partial charge is 0.435 e. The number of alkyl halides is 3. The Morgan fingerprint density at radius 1 is 1.35 bits per heavy atom. The highest BCUT2D eigenvalue weighted by Crippen LogP contribution is 2.41. The zero-order chi connectivity index (χ0) is 19.1. The summed E-state index contributed by atoms with van der Waals surface area (Å²) in [6.45, 7) is 2.31. The second-order valence-electron chi connectivity index (χ2n) is 6.25. The van der Waals surface area contributed by atoms with Gasteiger partial charge in [-0.15, -0.1) is 0 Å². The van der Waals surface area contributed by atoms with Crippen LogP contribution in [-0.4, -0.2) is 28.4 Å². The Morgan fingerprint density at radius 3 is 2.54 bits per heavy atom. The number of carbonyl (C=O) groups is 1. The molecular formula is C17H17ClF3N3O2. The topological polar surface area (TPSA) is 56.1 Å². The van der Waals surface area contributed by atoms with Crippen molar-refractivity contribution in [2.75, 3.05) is 11.9 Å². The van der Waals surface area contributed by atoms with Gasteiger partial charge in [-0.05, 0) is 30.0 Å². The Balaban J connectivity index is 2.05. The van der Waals surface area contributed by atoms with Gasteiger partial charge < -0.3 is 10.1 Å². The SMILES string of the molecule is CC1CCOC1C(=O)Nc1c(-c2ccc(Cl)cc2)c(C(F)(F)F)nn1C. The van der Waals surface area contributed by atoms with E-state index in [0.717, 1.165) is 11.1 Å². The van der Waals surface area contributed by atoms with Gasteiger partial charge in [-0.3, -0.25) is 9.48 Å². The summed E-state index contributed by atoms with van der Waals surface area (Å²) in [4.78, 5) is 12.5. The van der Waals surface area contributed by atoms with Crippen LogP contribution in [0.5, 0.6) is 0 Å². The zero-order valence-electron chi connectivity index (χ0n) is 14.1. The molecular weight excluding hydrogens is 371 g/mol. The standard InChI is InChI=1S/C17H17ClF3N3O2/c1-9-7-8-26-13(9)16(25)22-15-12(10-3-5-11(18)6-4-10)14(17(19,20)21)23-24(15)2/h3-6,9,13H,7-8H2,1-2H3,(H,22,25). The first-order chi connectivity index (χ1) is 12.2. The predicted octanol–water partition coefficient (Wildman–Crippen LogP) is 4.12. The van der Waals surface area contributed by atoms with E-state index in [-0.39, 0.29) is 22.9 Å². The number of aryl methyl sites for hydroxylation is 1. The molecule has 2 heterocycles.